The fourth-order valence-corrected chi connectivity index (χ4v) is 5.38. The first kappa shape index (κ1) is 28.4. The van der Waals surface area contributed by atoms with Gasteiger partial charge >= 0.3 is 5.69 Å². The predicted molar refractivity (Wildman–Crippen MR) is 147 cm³/mol. The summed E-state index contributed by atoms with van der Waals surface area (Å²) in [6, 6.07) is 9.56. The van der Waals surface area contributed by atoms with Gasteiger partial charge in [0, 0.05) is 30.8 Å². The molecular formula is C28H32FN3O6S. The highest BCUT2D eigenvalue weighted by Crippen LogP contribution is 2.44. The predicted octanol–water partition coefficient (Wildman–Crippen LogP) is 3.48. The highest BCUT2D eigenvalue weighted by atomic mass is 32.2. The molecule has 2 aromatic carbocycles. The molecule has 0 bridgehead atoms. The van der Waals surface area contributed by atoms with Crippen LogP contribution in [-0.4, -0.2) is 43.7 Å². The molecule has 1 aromatic heterocycles. The number of carbonyl (C=O) groups excluding carboxylic acids is 1. The number of halogens is 1. The number of alkyl halides is 1. The lowest BCUT2D eigenvalue weighted by Crippen LogP contribution is -2.35. The van der Waals surface area contributed by atoms with Crippen LogP contribution in [0.1, 0.15) is 55.1 Å². The van der Waals surface area contributed by atoms with E-state index in [-0.39, 0.29) is 36.1 Å². The van der Waals surface area contributed by atoms with E-state index in [2.05, 4.69) is 9.71 Å². The Morgan fingerprint density at radius 3 is 2.51 bits per heavy atom. The molecule has 4 rings (SSSR count). The molecule has 0 saturated heterocycles. The summed E-state index contributed by atoms with van der Waals surface area (Å²) in [6.45, 7) is 5.46. The van der Waals surface area contributed by atoms with E-state index in [0.717, 1.165) is 6.26 Å². The van der Waals surface area contributed by atoms with E-state index >= 15 is 4.39 Å². The molecule has 0 fully saturated rings. The average molecular weight is 558 g/mol. The molecular weight excluding hydrogens is 525 g/mol. The quantitative estimate of drug-likeness (QED) is 0.408. The van der Waals surface area contributed by atoms with Crippen LogP contribution in [0.2, 0.25) is 0 Å². The molecule has 2 N–H and O–H groups in total. The van der Waals surface area contributed by atoms with Crippen molar-refractivity contribution in [3.8, 4) is 22.6 Å². The summed E-state index contributed by atoms with van der Waals surface area (Å²) >= 11 is 0. The van der Waals surface area contributed by atoms with E-state index in [1.54, 1.807) is 30.3 Å². The lowest BCUT2D eigenvalue weighted by atomic mass is 9.86. The van der Waals surface area contributed by atoms with Crippen molar-refractivity contribution in [2.24, 2.45) is 5.41 Å². The number of hydrogen-bond donors (Lipinski definition) is 2. The van der Waals surface area contributed by atoms with Gasteiger partial charge in [0.05, 0.1) is 24.6 Å². The summed E-state index contributed by atoms with van der Waals surface area (Å²) in [7, 11) is -2.11. The molecule has 11 heteroatoms. The van der Waals surface area contributed by atoms with E-state index in [9.17, 15) is 22.8 Å². The summed E-state index contributed by atoms with van der Waals surface area (Å²) in [4.78, 5) is 39.9. The van der Waals surface area contributed by atoms with Gasteiger partial charge in [-0.2, -0.15) is 0 Å². The van der Waals surface area contributed by atoms with Crippen molar-refractivity contribution < 1.29 is 22.3 Å². The molecule has 0 amide bonds. The Labute approximate surface area is 226 Å². The number of carbonyl (C=O) groups is 1. The summed E-state index contributed by atoms with van der Waals surface area (Å²) < 4.78 is 48.1. The third-order valence-corrected chi connectivity index (χ3v) is 7.34. The maximum atomic E-state index is 15.7. The lowest BCUT2D eigenvalue weighted by molar-refractivity contribution is 0.0937. The van der Waals surface area contributed by atoms with Crippen molar-refractivity contribution >= 4 is 15.8 Å². The van der Waals surface area contributed by atoms with E-state index < -0.39 is 26.9 Å². The fourth-order valence-electron chi connectivity index (χ4n) is 4.89. The molecule has 0 aliphatic heterocycles. The number of aromatic nitrogens is 2. The van der Waals surface area contributed by atoms with E-state index in [4.69, 9.17) is 4.74 Å². The van der Waals surface area contributed by atoms with Crippen LogP contribution in [0.5, 0.6) is 5.75 Å². The molecule has 1 aliphatic rings. The summed E-state index contributed by atoms with van der Waals surface area (Å²) in [5, 5.41) is 0. The molecule has 1 heterocycles. The van der Waals surface area contributed by atoms with E-state index in [0.29, 0.717) is 40.1 Å². The maximum Gasteiger partial charge on any atom is 0.332 e. The highest BCUT2D eigenvalue weighted by Gasteiger charge is 2.39. The third kappa shape index (κ3) is 6.20. The zero-order chi connectivity index (χ0) is 28.8. The molecule has 1 atom stereocenters. The van der Waals surface area contributed by atoms with Crippen LogP contribution in [0.4, 0.5) is 4.39 Å². The average Bonchev–Trinajstić information content (AvgIpc) is 3.17. The van der Waals surface area contributed by atoms with Crippen LogP contribution < -0.4 is 20.7 Å². The lowest BCUT2D eigenvalue weighted by Gasteiger charge is -2.22. The molecule has 39 heavy (non-hydrogen) atoms. The standard InChI is InChI=1S/C28H32FN3O6S/c1-27(2,3)15-23(33)21-14-19(32-11-9-24(34)31-26(32)35)13-20(25(21)38-4)17-6-7-22-18(12-17)8-10-28(22,29)16-30-39(5,36)37/h6-7,9,11-14,30H,8,10,15-16H2,1-5H3,(H,31,34,35). The van der Waals surface area contributed by atoms with Gasteiger partial charge in [-0.1, -0.05) is 39.0 Å². The van der Waals surface area contributed by atoms with Gasteiger partial charge in [0.1, 0.15) is 11.4 Å². The van der Waals surface area contributed by atoms with Crippen molar-refractivity contribution in [1.82, 2.24) is 14.3 Å². The van der Waals surface area contributed by atoms with Crippen LogP contribution >= 0.6 is 0 Å². The first-order chi connectivity index (χ1) is 18.1. The van der Waals surface area contributed by atoms with Gasteiger partial charge in [-0.15, -0.1) is 0 Å². The Morgan fingerprint density at radius 2 is 1.90 bits per heavy atom. The highest BCUT2D eigenvalue weighted by molar-refractivity contribution is 7.88. The number of aryl methyl sites for hydroxylation is 1. The zero-order valence-corrected chi connectivity index (χ0v) is 23.4. The smallest absolute Gasteiger partial charge is 0.332 e. The molecule has 1 unspecified atom stereocenters. The van der Waals surface area contributed by atoms with E-state index in [1.165, 1.54) is 23.9 Å². The number of nitrogens with one attached hydrogen (secondary N) is 2. The topological polar surface area (TPSA) is 127 Å². The number of sulfonamides is 1. The second kappa shape index (κ2) is 10.2. The first-order valence-electron chi connectivity index (χ1n) is 12.5. The fraction of sp³-hybridized carbons (Fsp3) is 0.393. The number of H-pyrrole nitrogens is 1. The van der Waals surface area contributed by atoms with Gasteiger partial charge in [0.2, 0.25) is 10.0 Å². The number of aromatic amines is 1. The molecule has 0 spiro atoms. The molecule has 0 saturated carbocycles. The normalized spacial score (nSPS) is 17.2. The second-order valence-electron chi connectivity index (χ2n) is 11.1. The number of methoxy groups -OCH3 is 1. The number of Topliss-reactive ketones (excluding diaryl/α,β-unsaturated/α-hetero) is 1. The number of benzene rings is 2. The third-order valence-electron chi connectivity index (χ3n) is 6.68. The van der Waals surface area contributed by atoms with Crippen molar-refractivity contribution in [1.29, 1.82) is 0 Å². The second-order valence-corrected chi connectivity index (χ2v) is 13.0. The SMILES string of the molecule is COc1c(C(=O)CC(C)(C)C)cc(-n2ccc(=O)[nH]c2=O)cc1-c1ccc2c(c1)CCC2(F)CNS(C)(=O)=O. The molecule has 9 nitrogen and oxygen atoms in total. The minimum atomic E-state index is -3.56. The van der Waals surface area contributed by atoms with Crippen molar-refractivity contribution in [2.45, 2.75) is 45.7 Å². The number of fused-ring (bicyclic) bond motifs is 1. The van der Waals surface area contributed by atoms with Crippen LogP contribution in [0.3, 0.4) is 0 Å². The van der Waals surface area contributed by atoms with Gasteiger partial charge < -0.3 is 4.74 Å². The van der Waals surface area contributed by atoms with Crippen molar-refractivity contribution in [3.05, 3.63) is 80.1 Å². The summed E-state index contributed by atoms with van der Waals surface area (Å²) in [5.41, 5.74) is -0.494. The Morgan fingerprint density at radius 1 is 1.18 bits per heavy atom. The van der Waals surface area contributed by atoms with E-state index in [1.807, 2.05) is 20.8 Å². The van der Waals surface area contributed by atoms with Crippen LogP contribution in [0.25, 0.3) is 16.8 Å². The Bertz CT molecular complexity index is 1670. The number of hydrogen-bond acceptors (Lipinski definition) is 6. The van der Waals surface area contributed by atoms with Gasteiger partial charge in [-0.25, -0.2) is 22.3 Å². The zero-order valence-electron chi connectivity index (χ0n) is 22.6. The van der Waals surface area contributed by atoms with Gasteiger partial charge in [0.15, 0.2) is 5.78 Å². The number of nitrogens with zero attached hydrogens (tertiary/aromatic N) is 1. The maximum absolute atomic E-state index is 15.7. The summed E-state index contributed by atoms with van der Waals surface area (Å²) in [6.07, 6.45) is 3.05. The Hall–Kier alpha value is -3.57. The van der Waals surface area contributed by atoms with Crippen LogP contribution in [0.15, 0.2) is 52.2 Å². The first-order valence-corrected chi connectivity index (χ1v) is 14.3. The minimum absolute atomic E-state index is 0.119. The number of ether oxygens (including phenoxy) is 1. The Balaban J connectivity index is 1.88. The number of rotatable bonds is 8. The molecule has 0 radical (unpaired) electrons. The Kier molecular flexibility index (Phi) is 7.44. The van der Waals surface area contributed by atoms with Gasteiger partial charge in [-0.3, -0.25) is 19.1 Å². The molecule has 1 aliphatic carbocycles. The van der Waals surface area contributed by atoms with Gasteiger partial charge in [0.25, 0.3) is 5.56 Å². The monoisotopic (exact) mass is 557 g/mol. The van der Waals surface area contributed by atoms with Crippen molar-refractivity contribution in [3.63, 3.8) is 0 Å². The summed E-state index contributed by atoms with van der Waals surface area (Å²) in [5.74, 6) is 0.129. The van der Waals surface area contributed by atoms with Crippen LogP contribution in [0, 0.1) is 5.41 Å². The van der Waals surface area contributed by atoms with Crippen molar-refractivity contribution in [2.75, 3.05) is 19.9 Å². The largest absolute Gasteiger partial charge is 0.495 e. The van der Waals surface area contributed by atoms with Gasteiger partial charge in [-0.05, 0) is 47.1 Å². The number of ketones is 1. The minimum Gasteiger partial charge on any atom is -0.495 e. The molecule has 3 aromatic rings. The molecule has 208 valence electrons. The van der Waals surface area contributed by atoms with Crippen LogP contribution in [-0.2, 0) is 22.1 Å².